The quantitative estimate of drug-likeness (QED) is 0.830. The minimum Gasteiger partial charge on any atom is -0.378 e. The smallest absolute Gasteiger partial charge is 0.228 e. The number of hydrogen-bond acceptors (Lipinski definition) is 5. The van der Waals surface area contributed by atoms with Gasteiger partial charge in [0.2, 0.25) is 5.91 Å². The predicted octanol–water partition coefficient (Wildman–Crippen LogP) is 1.03. The Morgan fingerprint density at radius 2 is 2.23 bits per heavy atom. The molecule has 22 heavy (non-hydrogen) atoms. The zero-order valence-electron chi connectivity index (χ0n) is 12.7. The van der Waals surface area contributed by atoms with Crippen molar-refractivity contribution in [2.75, 3.05) is 37.7 Å². The van der Waals surface area contributed by atoms with Crippen molar-refractivity contribution in [3.8, 4) is 6.07 Å². The maximum absolute atomic E-state index is 12.4. The van der Waals surface area contributed by atoms with E-state index in [-0.39, 0.29) is 17.9 Å². The molecular weight excluding hydrogens is 280 g/mol. The zero-order valence-corrected chi connectivity index (χ0v) is 12.7. The van der Waals surface area contributed by atoms with Gasteiger partial charge in [0.05, 0.1) is 23.7 Å². The zero-order chi connectivity index (χ0) is 15.5. The predicted molar refractivity (Wildman–Crippen MR) is 81.3 cm³/mol. The van der Waals surface area contributed by atoms with Gasteiger partial charge in [0.15, 0.2) is 0 Å². The number of amides is 1. The Kier molecular flexibility index (Phi) is 4.25. The third-order valence-electron chi connectivity index (χ3n) is 4.22. The molecule has 0 unspecified atom stereocenters. The van der Waals surface area contributed by atoms with Gasteiger partial charge in [-0.05, 0) is 25.5 Å². The summed E-state index contributed by atoms with van der Waals surface area (Å²) in [5.74, 6) is 1.09. The van der Waals surface area contributed by atoms with Crippen LogP contribution in [0.3, 0.4) is 0 Å². The molecule has 3 rings (SSSR count). The number of pyridine rings is 1. The van der Waals surface area contributed by atoms with Crippen molar-refractivity contribution in [2.45, 2.75) is 19.4 Å². The summed E-state index contributed by atoms with van der Waals surface area (Å²) in [7, 11) is 0. The van der Waals surface area contributed by atoms with Gasteiger partial charge >= 0.3 is 0 Å². The number of nitrogens with zero attached hydrogens (tertiary/aromatic N) is 4. The van der Waals surface area contributed by atoms with Crippen LogP contribution in [0.4, 0.5) is 5.82 Å². The van der Waals surface area contributed by atoms with Crippen LogP contribution >= 0.6 is 0 Å². The average molecular weight is 300 g/mol. The minimum atomic E-state index is 0.0616. The molecule has 1 saturated carbocycles. The normalized spacial score (nSPS) is 24.0. The third-order valence-corrected chi connectivity index (χ3v) is 4.22. The second kappa shape index (κ2) is 6.32. The van der Waals surface area contributed by atoms with E-state index in [0.717, 1.165) is 25.3 Å². The molecule has 0 radical (unpaired) electrons. The lowest BCUT2D eigenvalue weighted by molar-refractivity contribution is -0.133. The molecule has 2 heterocycles. The molecule has 2 atom stereocenters. The fraction of sp³-hybridized carbons (Fsp3) is 0.562. The van der Waals surface area contributed by atoms with Crippen LogP contribution in [-0.2, 0) is 9.53 Å². The van der Waals surface area contributed by atoms with Crippen molar-refractivity contribution in [3.63, 3.8) is 0 Å². The lowest BCUT2D eigenvalue weighted by Gasteiger charge is -2.35. The molecular formula is C16H20N4O2. The van der Waals surface area contributed by atoms with E-state index in [2.05, 4.69) is 16.0 Å². The van der Waals surface area contributed by atoms with Gasteiger partial charge in [-0.2, -0.15) is 5.26 Å². The average Bonchev–Trinajstić information content (AvgIpc) is 3.34. The first-order chi connectivity index (χ1) is 10.7. The molecule has 1 aromatic heterocycles. The second-order valence-corrected chi connectivity index (χ2v) is 5.66. The standard InChI is InChI=1S/C16H20N4O2/c1-2-22-14-10-13(14)16(21)20-7-5-19(6-8-20)15-9-12(11-17)3-4-18-15/h3-4,9,13-14H,2,5-8,10H2,1H3/t13-,14-/m1/s1. The van der Waals surface area contributed by atoms with E-state index in [1.165, 1.54) is 0 Å². The summed E-state index contributed by atoms with van der Waals surface area (Å²) >= 11 is 0. The summed E-state index contributed by atoms with van der Waals surface area (Å²) in [6.07, 6.45) is 2.64. The van der Waals surface area contributed by atoms with Gasteiger partial charge in [0.25, 0.3) is 0 Å². The monoisotopic (exact) mass is 300 g/mol. The molecule has 6 heteroatoms. The van der Waals surface area contributed by atoms with E-state index >= 15 is 0 Å². The first-order valence-corrected chi connectivity index (χ1v) is 7.74. The molecule has 1 aliphatic heterocycles. The number of ether oxygens (including phenoxy) is 1. The highest BCUT2D eigenvalue weighted by Crippen LogP contribution is 2.35. The fourth-order valence-electron chi connectivity index (χ4n) is 2.88. The van der Waals surface area contributed by atoms with E-state index in [4.69, 9.17) is 10.00 Å². The Labute approximate surface area is 130 Å². The number of hydrogen-bond donors (Lipinski definition) is 0. The molecule has 2 fully saturated rings. The third kappa shape index (κ3) is 3.04. The summed E-state index contributed by atoms with van der Waals surface area (Å²) < 4.78 is 5.49. The van der Waals surface area contributed by atoms with Crippen molar-refractivity contribution in [3.05, 3.63) is 23.9 Å². The van der Waals surface area contributed by atoms with Gasteiger partial charge in [-0.25, -0.2) is 4.98 Å². The SMILES string of the molecule is CCO[C@@H]1C[C@H]1C(=O)N1CCN(c2cc(C#N)ccn2)CC1. The van der Waals surface area contributed by atoms with Gasteiger partial charge in [0.1, 0.15) is 5.82 Å². The maximum Gasteiger partial charge on any atom is 0.228 e. The molecule has 1 amide bonds. The van der Waals surface area contributed by atoms with Gasteiger partial charge < -0.3 is 14.5 Å². The van der Waals surface area contributed by atoms with E-state index in [1.54, 1.807) is 18.3 Å². The molecule has 1 aromatic rings. The number of aromatic nitrogens is 1. The largest absolute Gasteiger partial charge is 0.378 e. The molecule has 2 aliphatic rings. The molecule has 0 aromatic carbocycles. The van der Waals surface area contributed by atoms with Crippen molar-refractivity contribution in [2.24, 2.45) is 5.92 Å². The molecule has 0 N–H and O–H groups in total. The highest BCUT2D eigenvalue weighted by atomic mass is 16.5. The number of carbonyl (C=O) groups is 1. The van der Waals surface area contributed by atoms with Crippen molar-refractivity contribution >= 4 is 11.7 Å². The minimum absolute atomic E-state index is 0.0616. The Morgan fingerprint density at radius 1 is 1.45 bits per heavy atom. The van der Waals surface area contributed by atoms with Crippen LogP contribution in [-0.4, -0.2) is 54.7 Å². The van der Waals surface area contributed by atoms with Gasteiger partial charge in [-0.1, -0.05) is 0 Å². The fourth-order valence-corrected chi connectivity index (χ4v) is 2.88. The van der Waals surface area contributed by atoms with E-state index in [0.29, 0.717) is 25.3 Å². The van der Waals surface area contributed by atoms with Crippen molar-refractivity contribution in [1.82, 2.24) is 9.88 Å². The summed E-state index contributed by atoms with van der Waals surface area (Å²) in [4.78, 5) is 20.7. The lowest BCUT2D eigenvalue weighted by atomic mass is 10.2. The first-order valence-electron chi connectivity index (χ1n) is 7.74. The number of piperazine rings is 1. The van der Waals surface area contributed by atoms with Crippen LogP contribution < -0.4 is 4.90 Å². The molecule has 116 valence electrons. The lowest BCUT2D eigenvalue weighted by Crippen LogP contribution is -2.49. The summed E-state index contributed by atoms with van der Waals surface area (Å²) in [5.41, 5.74) is 0.612. The number of anilines is 1. The van der Waals surface area contributed by atoms with Crippen LogP contribution in [0.25, 0.3) is 0 Å². The first kappa shape index (κ1) is 14.8. The van der Waals surface area contributed by atoms with Crippen molar-refractivity contribution < 1.29 is 9.53 Å². The molecule has 0 spiro atoms. The Hall–Kier alpha value is -2.13. The number of nitriles is 1. The number of rotatable bonds is 4. The van der Waals surface area contributed by atoms with Crippen LogP contribution in [0.5, 0.6) is 0 Å². The molecule has 1 aliphatic carbocycles. The topological polar surface area (TPSA) is 69.5 Å². The van der Waals surface area contributed by atoms with Crippen LogP contribution in [0.1, 0.15) is 18.9 Å². The molecule has 1 saturated heterocycles. The van der Waals surface area contributed by atoms with E-state index in [9.17, 15) is 4.79 Å². The highest BCUT2D eigenvalue weighted by Gasteiger charge is 2.46. The summed E-state index contributed by atoms with van der Waals surface area (Å²) in [6.45, 7) is 5.53. The molecule has 6 nitrogen and oxygen atoms in total. The van der Waals surface area contributed by atoms with Gasteiger partial charge in [-0.3, -0.25) is 4.79 Å². The van der Waals surface area contributed by atoms with E-state index in [1.807, 2.05) is 11.8 Å². The van der Waals surface area contributed by atoms with E-state index < -0.39 is 0 Å². The second-order valence-electron chi connectivity index (χ2n) is 5.66. The summed E-state index contributed by atoms with van der Waals surface area (Å²) in [6, 6.07) is 5.62. The summed E-state index contributed by atoms with van der Waals surface area (Å²) in [5, 5.41) is 8.95. The number of carbonyl (C=O) groups excluding carboxylic acids is 1. The Morgan fingerprint density at radius 3 is 2.91 bits per heavy atom. The molecule has 0 bridgehead atoms. The van der Waals surface area contributed by atoms with Crippen LogP contribution in [0, 0.1) is 17.2 Å². The van der Waals surface area contributed by atoms with Gasteiger partial charge in [-0.15, -0.1) is 0 Å². The Bertz CT molecular complexity index is 590. The Balaban J connectivity index is 1.54. The van der Waals surface area contributed by atoms with Crippen LogP contribution in [0.2, 0.25) is 0 Å². The maximum atomic E-state index is 12.4. The van der Waals surface area contributed by atoms with Crippen LogP contribution in [0.15, 0.2) is 18.3 Å². The van der Waals surface area contributed by atoms with Gasteiger partial charge in [0, 0.05) is 39.0 Å². The highest BCUT2D eigenvalue weighted by molar-refractivity contribution is 5.82. The van der Waals surface area contributed by atoms with Crippen molar-refractivity contribution in [1.29, 1.82) is 5.26 Å².